The van der Waals surface area contributed by atoms with Gasteiger partial charge < -0.3 is 14.3 Å². The van der Waals surface area contributed by atoms with E-state index in [-0.39, 0.29) is 6.10 Å². The fraction of sp³-hybridized carbons (Fsp3) is 0.417. The lowest BCUT2D eigenvalue weighted by Crippen LogP contribution is -2.09. The maximum Gasteiger partial charge on any atom is 0.160 e. The molecule has 1 atom stereocenters. The minimum Gasteiger partial charge on any atom is -0.493 e. The number of ether oxygens (including phenoxy) is 2. The van der Waals surface area contributed by atoms with E-state index in [0.29, 0.717) is 0 Å². The first-order valence-electron chi connectivity index (χ1n) is 5.22. The summed E-state index contributed by atoms with van der Waals surface area (Å²) in [5.41, 5.74) is 1.16. The van der Waals surface area contributed by atoms with Crippen molar-refractivity contribution >= 4 is 6.21 Å². The van der Waals surface area contributed by atoms with Gasteiger partial charge in [-0.05, 0) is 17.7 Å². The Morgan fingerprint density at radius 2 is 2.12 bits per heavy atom. The first-order chi connectivity index (χ1) is 7.83. The van der Waals surface area contributed by atoms with Crippen LogP contribution in [0.5, 0.6) is 11.5 Å². The zero-order valence-electron chi connectivity index (χ0n) is 9.47. The highest BCUT2D eigenvalue weighted by Gasteiger charge is 2.15. The van der Waals surface area contributed by atoms with Gasteiger partial charge in [0.25, 0.3) is 0 Å². The van der Waals surface area contributed by atoms with Crippen LogP contribution in [-0.2, 0) is 11.3 Å². The van der Waals surface area contributed by atoms with E-state index < -0.39 is 0 Å². The van der Waals surface area contributed by atoms with Crippen LogP contribution in [0.2, 0.25) is 0 Å². The number of methoxy groups -OCH3 is 2. The topological polar surface area (TPSA) is 40.0 Å². The summed E-state index contributed by atoms with van der Waals surface area (Å²) in [5, 5.41) is 3.76. The van der Waals surface area contributed by atoms with Gasteiger partial charge in [0, 0.05) is 19.1 Å². The third kappa shape index (κ3) is 2.27. The Morgan fingerprint density at radius 1 is 1.31 bits per heavy atom. The number of nitrogens with zero attached hydrogens (tertiary/aromatic N) is 1. The Morgan fingerprint density at radius 3 is 2.75 bits per heavy atom. The van der Waals surface area contributed by atoms with Gasteiger partial charge in [0.1, 0.15) is 6.10 Å². The summed E-state index contributed by atoms with van der Waals surface area (Å²) >= 11 is 0. The normalized spacial score (nSPS) is 18.2. The van der Waals surface area contributed by atoms with Crippen LogP contribution in [0.3, 0.4) is 0 Å². The number of oxime groups is 1. The Hall–Kier alpha value is -1.71. The average molecular weight is 221 g/mol. The van der Waals surface area contributed by atoms with E-state index in [0.717, 1.165) is 29.9 Å². The molecule has 0 saturated heterocycles. The van der Waals surface area contributed by atoms with Crippen molar-refractivity contribution in [3.63, 3.8) is 0 Å². The third-order valence-corrected chi connectivity index (χ3v) is 2.56. The third-order valence-electron chi connectivity index (χ3n) is 2.56. The van der Waals surface area contributed by atoms with Crippen LogP contribution in [0.15, 0.2) is 23.4 Å². The second kappa shape index (κ2) is 4.88. The highest BCUT2D eigenvalue weighted by Crippen LogP contribution is 2.28. The highest BCUT2D eigenvalue weighted by atomic mass is 16.6. The minimum atomic E-state index is 0.151. The quantitative estimate of drug-likeness (QED) is 0.781. The molecule has 1 heterocycles. The van der Waals surface area contributed by atoms with E-state index in [4.69, 9.17) is 14.3 Å². The molecule has 4 nitrogen and oxygen atoms in total. The van der Waals surface area contributed by atoms with Crippen LogP contribution < -0.4 is 9.47 Å². The monoisotopic (exact) mass is 221 g/mol. The van der Waals surface area contributed by atoms with Gasteiger partial charge in [-0.25, -0.2) is 0 Å². The zero-order chi connectivity index (χ0) is 11.4. The van der Waals surface area contributed by atoms with Crippen molar-refractivity contribution in [3.8, 4) is 11.5 Å². The lowest BCUT2D eigenvalue weighted by atomic mass is 10.1. The Kier molecular flexibility index (Phi) is 3.29. The highest BCUT2D eigenvalue weighted by molar-refractivity contribution is 5.58. The standard InChI is InChI=1S/C12H15NO3/c1-14-11-4-3-9(8-12(11)15-2)7-10-5-6-13-16-10/h3-4,6,8,10H,5,7H2,1-2H3. The smallest absolute Gasteiger partial charge is 0.160 e. The minimum absolute atomic E-state index is 0.151. The molecule has 16 heavy (non-hydrogen) atoms. The number of rotatable bonds is 4. The fourth-order valence-corrected chi connectivity index (χ4v) is 1.72. The van der Waals surface area contributed by atoms with Gasteiger partial charge in [-0.15, -0.1) is 0 Å². The number of benzene rings is 1. The molecule has 1 unspecified atom stereocenters. The largest absolute Gasteiger partial charge is 0.493 e. The molecule has 1 aliphatic heterocycles. The molecule has 86 valence electrons. The summed E-state index contributed by atoms with van der Waals surface area (Å²) in [6, 6.07) is 5.90. The molecule has 0 spiro atoms. The zero-order valence-corrected chi connectivity index (χ0v) is 9.47. The van der Waals surface area contributed by atoms with E-state index >= 15 is 0 Å². The van der Waals surface area contributed by atoms with Gasteiger partial charge in [0.05, 0.1) is 14.2 Å². The van der Waals surface area contributed by atoms with Gasteiger partial charge in [-0.3, -0.25) is 0 Å². The van der Waals surface area contributed by atoms with Crippen LogP contribution in [0, 0.1) is 0 Å². The second-order valence-electron chi connectivity index (χ2n) is 3.64. The van der Waals surface area contributed by atoms with Crippen molar-refractivity contribution < 1.29 is 14.3 Å². The molecule has 0 amide bonds. The van der Waals surface area contributed by atoms with Gasteiger partial charge in [-0.2, -0.15) is 0 Å². The average Bonchev–Trinajstić information content (AvgIpc) is 2.81. The van der Waals surface area contributed by atoms with Gasteiger partial charge >= 0.3 is 0 Å². The van der Waals surface area contributed by atoms with Crippen molar-refractivity contribution in [2.75, 3.05) is 14.2 Å². The van der Waals surface area contributed by atoms with E-state index in [9.17, 15) is 0 Å². The summed E-state index contributed by atoms with van der Waals surface area (Å²) in [5.74, 6) is 1.49. The number of hydrogen-bond acceptors (Lipinski definition) is 4. The molecule has 0 N–H and O–H groups in total. The second-order valence-corrected chi connectivity index (χ2v) is 3.64. The molecule has 0 radical (unpaired) electrons. The Bertz CT molecular complexity index is 382. The lowest BCUT2D eigenvalue weighted by Gasteiger charge is -2.11. The van der Waals surface area contributed by atoms with Crippen molar-refractivity contribution in [1.29, 1.82) is 0 Å². The first-order valence-corrected chi connectivity index (χ1v) is 5.22. The Balaban J connectivity index is 2.09. The van der Waals surface area contributed by atoms with Crippen molar-refractivity contribution in [1.82, 2.24) is 0 Å². The molecule has 0 fully saturated rings. The maximum absolute atomic E-state index is 5.24. The van der Waals surface area contributed by atoms with E-state index in [1.807, 2.05) is 18.2 Å². The molecule has 4 heteroatoms. The summed E-state index contributed by atoms with van der Waals surface area (Å²) < 4.78 is 10.4. The summed E-state index contributed by atoms with van der Waals surface area (Å²) in [6.45, 7) is 0. The Labute approximate surface area is 94.8 Å². The summed E-state index contributed by atoms with van der Waals surface area (Å²) in [6.07, 6.45) is 3.65. The molecular weight excluding hydrogens is 206 g/mol. The van der Waals surface area contributed by atoms with Crippen LogP contribution in [0.1, 0.15) is 12.0 Å². The maximum atomic E-state index is 5.24. The van der Waals surface area contributed by atoms with Crippen molar-refractivity contribution in [2.24, 2.45) is 5.16 Å². The predicted molar refractivity (Wildman–Crippen MR) is 61.2 cm³/mol. The van der Waals surface area contributed by atoms with Gasteiger partial charge in [0.2, 0.25) is 0 Å². The fourth-order valence-electron chi connectivity index (χ4n) is 1.72. The molecular formula is C12H15NO3. The molecule has 1 aromatic carbocycles. The van der Waals surface area contributed by atoms with Crippen LogP contribution in [-0.4, -0.2) is 26.5 Å². The molecule has 2 rings (SSSR count). The van der Waals surface area contributed by atoms with Gasteiger partial charge in [-0.1, -0.05) is 11.2 Å². The van der Waals surface area contributed by atoms with E-state index in [1.165, 1.54) is 0 Å². The van der Waals surface area contributed by atoms with E-state index in [1.54, 1.807) is 20.4 Å². The van der Waals surface area contributed by atoms with Crippen LogP contribution in [0.4, 0.5) is 0 Å². The predicted octanol–water partition coefficient (Wildman–Crippen LogP) is 2.02. The molecule has 0 bridgehead atoms. The molecule has 1 aliphatic rings. The van der Waals surface area contributed by atoms with E-state index in [2.05, 4.69) is 5.16 Å². The summed E-state index contributed by atoms with van der Waals surface area (Å²) in [4.78, 5) is 5.18. The molecule has 0 saturated carbocycles. The van der Waals surface area contributed by atoms with Crippen LogP contribution >= 0.6 is 0 Å². The number of hydrogen-bond donors (Lipinski definition) is 0. The lowest BCUT2D eigenvalue weighted by molar-refractivity contribution is 0.0859. The molecule has 0 aliphatic carbocycles. The van der Waals surface area contributed by atoms with Crippen molar-refractivity contribution in [2.45, 2.75) is 18.9 Å². The summed E-state index contributed by atoms with van der Waals surface area (Å²) in [7, 11) is 3.27. The SMILES string of the molecule is COc1ccc(CC2CC=NO2)cc1OC. The van der Waals surface area contributed by atoms with Crippen LogP contribution in [0.25, 0.3) is 0 Å². The van der Waals surface area contributed by atoms with Crippen molar-refractivity contribution in [3.05, 3.63) is 23.8 Å². The first kappa shape index (κ1) is 10.8. The molecule has 0 aromatic heterocycles. The molecule has 1 aromatic rings. The van der Waals surface area contributed by atoms with Gasteiger partial charge in [0.15, 0.2) is 11.5 Å².